The molecule has 2 unspecified atom stereocenters. The van der Waals surface area contributed by atoms with Crippen LogP contribution < -0.4 is 5.32 Å². The summed E-state index contributed by atoms with van der Waals surface area (Å²) in [6, 6.07) is 21.9. The minimum atomic E-state index is -1.12. The molecule has 0 aromatic heterocycles. The van der Waals surface area contributed by atoms with Crippen molar-refractivity contribution in [1.29, 1.82) is 0 Å². The van der Waals surface area contributed by atoms with Crippen LogP contribution in [0.2, 0.25) is 0 Å². The van der Waals surface area contributed by atoms with Crippen LogP contribution in [0.25, 0.3) is 0 Å². The van der Waals surface area contributed by atoms with Gasteiger partial charge < -0.3 is 19.9 Å². The molecule has 0 saturated heterocycles. The van der Waals surface area contributed by atoms with Crippen LogP contribution in [0.1, 0.15) is 69.5 Å². The van der Waals surface area contributed by atoms with Crippen LogP contribution in [-0.2, 0) is 9.47 Å². The molecule has 33 heavy (non-hydrogen) atoms. The van der Waals surface area contributed by atoms with Crippen molar-refractivity contribution in [2.45, 2.75) is 32.1 Å². The smallest absolute Gasteiger partial charge is 0.336 e. The van der Waals surface area contributed by atoms with Gasteiger partial charge in [0.15, 0.2) is 12.1 Å². The molecule has 0 aliphatic carbocycles. The summed E-state index contributed by atoms with van der Waals surface area (Å²) in [7, 11) is 0. The number of carboxylic acids is 1. The molecule has 2 atom stereocenters. The molecule has 1 heterocycles. The lowest BCUT2D eigenvalue weighted by Crippen LogP contribution is -2.33. The Bertz CT molecular complexity index is 1120. The monoisotopic (exact) mass is 445 g/mol. The number of ketones is 1. The number of carbonyl (C=O) groups is 2. The van der Waals surface area contributed by atoms with Gasteiger partial charge in [0.05, 0.1) is 23.1 Å². The number of hydrogen-bond acceptors (Lipinski definition) is 5. The summed E-state index contributed by atoms with van der Waals surface area (Å²) in [4.78, 5) is 25.6. The van der Waals surface area contributed by atoms with E-state index < -0.39 is 18.2 Å². The van der Waals surface area contributed by atoms with E-state index in [0.717, 1.165) is 16.7 Å². The number of ether oxygens (including phenoxy) is 2. The number of anilines is 1. The summed E-state index contributed by atoms with van der Waals surface area (Å²) in [5.74, 6) is -1.92. The molecule has 0 bridgehead atoms. The highest BCUT2D eigenvalue weighted by molar-refractivity contribution is 6.14. The van der Waals surface area contributed by atoms with Gasteiger partial charge in [0.25, 0.3) is 0 Å². The standard InChI is InChI=1S/C27H27NO5/c1-3-32-27(33-4-2)19-15-13-17(14-16-19)22-24(18-9-6-5-7-10-18)28-21-12-8-11-20(26(30)31)23(21)25(22)29/h5-16,22,24,27-28H,3-4H2,1-2H3,(H,30,31). The highest BCUT2D eigenvalue weighted by atomic mass is 16.7. The van der Waals surface area contributed by atoms with E-state index >= 15 is 0 Å². The molecular formula is C27H27NO5. The first kappa shape index (κ1) is 22.7. The Morgan fingerprint density at radius 1 is 0.909 bits per heavy atom. The number of carbonyl (C=O) groups excluding carboxylic acids is 1. The molecule has 3 aromatic carbocycles. The molecule has 0 fully saturated rings. The number of fused-ring (bicyclic) bond motifs is 1. The van der Waals surface area contributed by atoms with Gasteiger partial charge in [0, 0.05) is 24.5 Å². The average Bonchev–Trinajstić information content (AvgIpc) is 2.84. The van der Waals surface area contributed by atoms with Crippen LogP contribution >= 0.6 is 0 Å². The summed E-state index contributed by atoms with van der Waals surface area (Å²) >= 11 is 0. The number of hydrogen-bond donors (Lipinski definition) is 2. The Morgan fingerprint density at radius 3 is 2.18 bits per heavy atom. The Labute approximate surface area is 193 Å². The first-order valence-electron chi connectivity index (χ1n) is 11.1. The van der Waals surface area contributed by atoms with Gasteiger partial charge in [-0.1, -0.05) is 60.7 Å². The minimum absolute atomic E-state index is 0.00545. The SMILES string of the molecule is CCOC(OCC)c1ccc(C2C(=O)c3c(cccc3C(=O)O)NC2c2ccccc2)cc1. The normalized spacial score (nSPS) is 17.5. The molecule has 2 N–H and O–H groups in total. The van der Waals surface area contributed by atoms with Crippen molar-refractivity contribution in [1.82, 2.24) is 0 Å². The maximum absolute atomic E-state index is 13.8. The molecule has 0 radical (unpaired) electrons. The number of benzene rings is 3. The predicted molar refractivity (Wildman–Crippen MR) is 126 cm³/mol. The lowest BCUT2D eigenvalue weighted by molar-refractivity contribution is -0.140. The van der Waals surface area contributed by atoms with Crippen molar-refractivity contribution in [2.24, 2.45) is 0 Å². The number of nitrogens with one attached hydrogen (secondary N) is 1. The van der Waals surface area contributed by atoms with Crippen LogP contribution in [0.15, 0.2) is 72.8 Å². The van der Waals surface area contributed by atoms with Crippen molar-refractivity contribution in [3.8, 4) is 0 Å². The summed E-state index contributed by atoms with van der Waals surface area (Å²) in [5.41, 5.74) is 3.37. The van der Waals surface area contributed by atoms with Crippen LogP contribution in [0, 0.1) is 0 Å². The lowest BCUT2D eigenvalue weighted by Gasteiger charge is -2.35. The number of carboxylic acid groups (broad SMARTS) is 1. The number of aromatic carboxylic acids is 1. The summed E-state index contributed by atoms with van der Waals surface area (Å²) < 4.78 is 11.4. The van der Waals surface area contributed by atoms with Crippen molar-refractivity contribution in [2.75, 3.05) is 18.5 Å². The number of rotatable bonds is 8. The van der Waals surface area contributed by atoms with Gasteiger partial charge in [-0.15, -0.1) is 0 Å². The zero-order valence-electron chi connectivity index (χ0n) is 18.7. The fourth-order valence-corrected chi connectivity index (χ4v) is 4.36. The second-order valence-electron chi connectivity index (χ2n) is 7.82. The maximum atomic E-state index is 13.8. The van der Waals surface area contributed by atoms with Gasteiger partial charge in [-0.25, -0.2) is 4.79 Å². The van der Waals surface area contributed by atoms with Gasteiger partial charge in [0.1, 0.15) is 0 Å². The topological polar surface area (TPSA) is 84.9 Å². The van der Waals surface area contributed by atoms with E-state index in [4.69, 9.17) is 9.47 Å². The van der Waals surface area contributed by atoms with Crippen LogP contribution in [0.3, 0.4) is 0 Å². The van der Waals surface area contributed by atoms with E-state index in [-0.39, 0.29) is 23.0 Å². The van der Waals surface area contributed by atoms with Crippen molar-refractivity contribution in [3.05, 3.63) is 101 Å². The first-order chi connectivity index (χ1) is 16.0. The Balaban J connectivity index is 1.78. The molecule has 0 spiro atoms. The second-order valence-corrected chi connectivity index (χ2v) is 7.82. The minimum Gasteiger partial charge on any atom is -0.478 e. The van der Waals surface area contributed by atoms with Crippen molar-refractivity contribution < 1.29 is 24.2 Å². The van der Waals surface area contributed by atoms with Gasteiger partial charge in [0.2, 0.25) is 0 Å². The van der Waals surface area contributed by atoms with E-state index in [1.165, 1.54) is 6.07 Å². The summed E-state index contributed by atoms with van der Waals surface area (Å²) in [6.07, 6.45) is -0.474. The quantitative estimate of drug-likeness (QED) is 0.440. The zero-order valence-corrected chi connectivity index (χ0v) is 18.7. The third kappa shape index (κ3) is 4.53. The van der Waals surface area contributed by atoms with E-state index in [9.17, 15) is 14.7 Å². The molecule has 0 amide bonds. The molecule has 1 aliphatic heterocycles. The Hall–Kier alpha value is -3.48. The zero-order chi connectivity index (χ0) is 23.4. The molecule has 3 aromatic rings. The predicted octanol–water partition coefficient (Wildman–Crippen LogP) is 5.59. The van der Waals surface area contributed by atoms with Crippen molar-refractivity contribution in [3.63, 3.8) is 0 Å². The fraction of sp³-hybridized carbons (Fsp3) is 0.259. The van der Waals surface area contributed by atoms with Crippen LogP contribution in [0.5, 0.6) is 0 Å². The second kappa shape index (κ2) is 9.98. The first-order valence-corrected chi connectivity index (χ1v) is 11.1. The Morgan fingerprint density at radius 2 is 1.58 bits per heavy atom. The molecule has 4 rings (SSSR count). The van der Waals surface area contributed by atoms with E-state index in [2.05, 4.69) is 5.32 Å². The van der Waals surface area contributed by atoms with E-state index in [0.29, 0.717) is 18.9 Å². The molecule has 6 heteroatoms. The van der Waals surface area contributed by atoms with Crippen LogP contribution in [0.4, 0.5) is 5.69 Å². The fourth-order valence-electron chi connectivity index (χ4n) is 4.36. The third-order valence-electron chi connectivity index (χ3n) is 5.83. The molecular weight excluding hydrogens is 418 g/mol. The Kier molecular flexibility index (Phi) is 6.87. The van der Waals surface area contributed by atoms with E-state index in [1.54, 1.807) is 12.1 Å². The van der Waals surface area contributed by atoms with Crippen LogP contribution in [-0.4, -0.2) is 30.1 Å². The average molecular weight is 446 g/mol. The maximum Gasteiger partial charge on any atom is 0.336 e. The number of Topliss-reactive ketones (excluding diaryl/α,β-unsaturated/α-hetero) is 1. The lowest BCUT2D eigenvalue weighted by atomic mass is 9.77. The highest BCUT2D eigenvalue weighted by Gasteiger charge is 2.39. The van der Waals surface area contributed by atoms with Gasteiger partial charge >= 0.3 is 5.97 Å². The molecule has 1 aliphatic rings. The largest absolute Gasteiger partial charge is 0.478 e. The third-order valence-corrected chi connectivity index (χ3v) is 5.83. The van der Waals surface area contributed by atoms with Gasteiger partial charge in [-0.05, 0) is 37.1 Å². The molecule has 0 saturated carbocycles. The molecule has 170 valence electrons. The molecule has 6 nitrogen and oxygen atoms in total. The van der Waals surface area contributed by atoms with Gasteiger partial charge in [-0.3, -0.25) is 4.79 Å². The summed E-state index contributed by atoms with van der Waals surface area (Å²) in [5, 5.41) is 13.1. The summed E-state index contributed by atoms with van der Waals surface area (Å²) in [6.45, 7) is 4.86. The van der Waals surface area contributed by atoms with E-state index in [1.807, 2.05) is 68.4 Å². The van der Waals surface area contributed by atoms with Gasteiger partial charge in [-0.2, -0.15) is 0 Å². The highest BCUT2D eigenvalue weighted by Crippen LogP contribution is 2.43. The van der Waals surface area contributed by atoms with Crippen molar-refractivity contribution >= 4 is 17.4 Å².